The van der Waals surface area contributed by atoms with Crippen molar-refractivity contribution >= 4 is 5.91 Å². The molecule has 3 rings (SSSR count). The van der Waals surface area contributed by atoms with Crippen LogP contribution < -0.4 is 19.5 Å². The van der Waals surface area contributed by atoms with Crippen molar-refractivity contribution < 1.29 is 19.0 Å². The summed E-state index contributed by atoms with van der Waals surface area (Å²) < 4.78 is 17.1. The molecule has 0 saturated carbocycles. The van der Waals surface area contributed by atoms with E-state index in [0.29, 0.717) is 19.4 Å². The van der Waals surface area contributed by atoms with Crippen LogP contribution in [-0.4, -0.2) is 25.2 Å². The fourth-order valence-electron chi connectivity index (χ4n) is 3.41. The minimum atomic E-state index is -0.355. The molecule has 0 saturated heterocycles. The van der Waals surface area contributed by atoms with E-state index in [0.717, 1.165) is 29.2 Å². The maximum atomic E-state index is 12.5. The fourth-order valence-corrected chi connectivity index (χ4v) is 3.41. The lowest BCUT2D eigenvalue weighted by Gasteiger charge is -2.38. The van der Waals surface area contributed by atoms with E-state index < -0.39 is 0 Å². The van der Waals surface area contributed by atoms with Crippen LogP contribution >= 0.6 is 0 Å². The molecule has 2 aromatic rings. The van der Waals surface area contributed by atoms with E-state index in [2.05, 4.69) is 5.32 Å². The Morgan fingerprint density at radius 1 is 1.18 bits per heavy atom. The van der Waals surface area contributed by atoms with Crippen LogP contribution in [0.15, 0.2) is 42.5 Å². The van der Waals surface area contributed by atoms with E-state index in [1.165, 1.54) is 5.56 Å². The van der Waals surface area contributed by atoms with Crippen molar-refractivity contribution in [3.8, 4) is 17.2 Å². The number of benzene rings is 2. The molecule has 0 fully saturated rings. The van der Waals surface area contributed by atoms with Crippen LogP contribution in [0.2, 0.25) is 0 Å². The lowest BCUT2D eigenvalue weighted by atomic mass is 9.89. The third-order valence-corrected chi connectivity index (χ3v) is 4.85. The van der Waals surface area contributed by atoms with Gasteiger partial charge in [-0.05, 0) is 51.5 Å². The Labute approximate surface area is 167 Å². The molecule has 0 aromatic heterocycles. The molecule has 0 radical (unpaired) electrons. The first kappa shape index (κ1) is 20.1. The van der Waals surface area contributed by atoms with Gasteiger partial charge in [-0.3, -0.25) is 4.79 Å². The SMILES string of the molecule is COc1ccc2c(c1)OC(C)(C)C[C@H]2NC(=O)CCCOc1ccc(C)cc1. The molecule has 150 valence electrons. The second kappa shape index (κ2) is 8.55. The minimum Gasteiger partial charge on any atom is -0.497 e. The maximum absolute atomic E-state index is 12.5. The van der Waals surface area contributed by atoms with Gasteiger partial charge in [0.05, 0.1) is 19.8 Å². The van der Waals surface area contributed by atoms with Gasteiger partial charge in [-0.25, -0.2) is 0 Å². The topological polar surface area (TPSA) is 56.8 Å². The summed E-state index contributed by atoms with van der Waals surface area (Å²) in [5.74, 6) is 2.37. The summed E-state index contributed by atoms with van der Waals surface area (Å²) in [6.45, 7) is 6.62. The molecular formula is C23H29NO4. The Bertz CT molecular complexity index is 814. The van der Waals surface area contributed by atoms with Crippen LogP contribution in [0.25, 0.3) is 0 Å². The van der Waals surface area contributed by atoms with E-state index in [-0.39, 0.29) is 17.6 Å². The Morgan fingerprint density at radius 2 is 1.89 bits per heavy atom. The smallest absolute Gasteiger partial charge is 0.220 e. The number of amides is 1. The van der Waals surface area contributed by atoms with Crippen molar-refractivity contribution in [1.29, 1.82) is 0 Å². The van der Waals surface area contributed by atoms with Crippen molar-refractivity contribution in [3.63, 3.8) is 0 Å². The fraction of sp³-hybridized carbons (Fsp3) is 0.435. The molecule has 1 heterocycles. The maximum Gasteiger partial charge on any atom is 0.220 e. The number of hydrogen-bond donors (Lipinski definition) is 1. The van der Waals surface area contributed by atoms with Gasteiger partial charge in [0, 0.05) is 24.5 Å². The summed E-state index contributed by atoms with van der Waals surface area (Å²) in [5.41, 5.74) is 1.83. The quantitative estimate of drug-likeness (QED) is 0.711. The molecule has 1 amide bonds. The number of fused-ring (bicyclic) bond motifs is 1. The van der Waals surface area contributed by atoms with Crippen LogP contribution in [-0.2, 0) is 4.79 Å². The van der Waals surface area contributed by atoms with Gasteiger partial charge in [0.1, 0.15) is 22.8 Å². The molecule has 0 bridgehead atoms. The minimum absolute atomic E-state index is 0.0250. The average molecular weight is 383 g/mol. The van der Waals surface area contributed by atoms with E-state index in [1.807, 2.05) is 63.2 Å². The predicted molar refractivity (Wildman–Crippen MR) is 109 cm³/mol. The van der Waals surface area contributed by atoms with Gasteiger partial charge >= 0.3 is 0 Å². The van der Waals surface area contributed by atoms with E-state index in [9.17, 15) is 4.79 Å². The van der Waals surface area contributed by atoms with Crippen molar-refractivity contribution in [2.75, 3.05) is 13.7 Å². The molecule has 28 heavy (non-hydrogen) atoms. The zero-order valence-corrected chi connectivity index (χ0v) is 17.1. The Hall–Kier alpha value is -2.69. The van der Waals surface area contributed by atoms with Crippen LogP contribution in [0.3, 0.4) is 0 Å². The van der Waals surface area contributed by atoms with Crippen molar-refractivity contribution in [2.24, 2.45) is 0 Å². The van der Waals surface area contributed by atoms with Crippen LogP contribution in [0.4, 0.5) is 0 Å². The number of ether oxygens (including phenoxy) is 3. The van der Waals surface area contributed by atoms with E-state index >= 15 is 0 Å². The van der Waals surface area contributed by atoms with Gasteiger partial charge in [-0.2, -0.15) is 0 Å². The van der Waals surface area contributed by atoms with Gasteiger partial charge in [0.25, 0.3) is 0 Å². The zero-order valence-electron chi connectivity index (χ0n) is 17.1. The lowest BCUT2D eigenvalue weighted by molar-refractivity contribution is -0.122. The van der Waals surface area contributed by atoms with Gasteiger partial charge in [0.15, 0.2) is 0 Å². The van der Waals surface area contributed by atoms with E-state index in [1.54, 1.807) is 7.11 Å². The second-order valence-electron chi connectivity index (χ2n) is 7.85. The number of hydrogen-bond acceptors (Lipinski definition) is 4. The molecule has 1 atom stereocenters. The number of carbonyl (C=O) groups is 1. The summed E-state index contributed by atoms with van der Waals surface area (Å²) in [5, 5.41) is 3.16. The van der Waals surface area contributed by atoms with Crippen LogP contribution in [0.5, 0.6) is 17.2 Å². The molecule has 0 aliphatic carbocycles. The van der Waals surface area contributed by atoms with Gasteiger partial charge in [0.2, 0.25) is 5.91 Å². The highest BCUT2D eigenvalue weighted by molar-refractivity contribution is 5.76. The monoisotopic (exact) mass is 383 g/mol. The third kappa shape index (κ3) is 5.18. The molecule has 1 aliphatic rings. The molecule has 5 nitrogen and oxygen atoms in total. The average Bonchev–Trinajstić information content (AvgIpc) is 2.65. The number of aryl methyl sites for hydroxylation is 1. The highest BCUT2D eigenvalue weighted by atomic mass is 16.5. The first-order valence-electron chi connectivity index (χ1n) is 9.72. The summed E-state index contributed by atoms with van der Waals surface area (Å²) in [6, 6.07) is 13.6. The molecule has 1 aliphatic heterocycles. The number of methoxy groups -OCH3 is 1. The van der Waals surface area contributed by atoms with Crippen molar-refractivity contribution in [3.05, 3.63) is 53.6 Å². The van der Waals surface area contributed by atoms with Gasteiger partial charge < -0.3 is 19.5 Å². The molecular weight excluding hydrogens is 354 g/mol. The van der Waals surface area contributed by atoms with Crippen molar-refractivity contribution in [2.45, 2.75) is 51.7 Å². The largest absolute Gasteiger partial charge is 0.497 e. The molecule has 1 N–H and O–H groups in total. The molecule has 0 spiro atoms. The first-order chi connectivity index (χ1) is 13.4. The number of nitrogens with one attached hydrogen (secondary N) is 1. The molecule has 0 unspecified atom stereocenters. The zero-order chi connectivity index (χ0) is 20.1. The number of rotatable bonds is 7. The second-order valence-corrected chi connectivity index (χ2v) is 7.85. The summed E-state index contributed by atoms with van der Waals surface area (Å²) >= 11 is 0. The van der Waals surface area contributed by atoms with E-state index in [4.69, 9.17) is 14.2 Å². The summed E-state index contributed by atoms with van der Waals surface area (Å²) in [6.07, 6.45) is 1.81. The van der Waals surface area contributed by atoms with Gasteiger partial charge in [-0.15, -0.1) is 0 Å². The normalized spacial score (nSPS) is 17.2. The van der Waals surface area contributed by atoms with Crippen molar-refractivity contribution in [1.82, 2.24) is 5.32 Å². The first-order valence-corrected chi connectivity index (χ1v) is 9.72. The molecule has 2 aromatic carbocycles. The highest BCUT2D eigenvalue weighted by Crippen LogP contribution is 2.41. The Kier molecular flexibility index (Phi) is 6.12. The number of carbonyl (C=O) groups excluding carboxylic acids is 1. The third-order valence-electron chi connectivity index (χ3n) is 4.85. The Balaban J connectivity index is 1.54. The molecule has 5 heteroatoms. The lowest BCUT2D eigenvalue weighted by Crippen LogP contribution is -2.41. The summed E-state index contributed by atoms with van der Waals surface area (Å²) in [7, 11) is 1.63. The predicted octanol–water partition coefficient (Wildman–Crippen LogP) is 4.58. The highest BCUT2D eigenvalue weighted by Gasteiger charge is 2.34. The van der Waals surface area contributed by atoms with Crippen LogP contribution in [0.1, 0.15) is 50.3 Å². The Morgan fingerprint density at radius 3 is 2.61 bits per heavy atom. The van der Waals surface area contributed by atoms with Gasteiger partial charge in [-0.1, -0.05) is 17.7 Å². The standard InChI is InChI=1S/C23H29NO4/c1-16-7-9-17(10-8-16)27-13-5-6-22(25)24-20-15-23(2,3)28-21-14-18(26-4)11-12-19(20)21/h7-12,14,20H,5-6,13,15H2,1-4H3,(H,24,25)/t20-/m1/s1. The van der Waals surface area contributed by atoms with Crippen LogP contribution in [0, 0.1) is 6.92 Å². The summed E-state index contributed by atoms with van der Waals surface area (Å²) in [4.78, 5) is 12.5.